The Bertz CT molecular complexity index is 1100. The van der Waals surface area contributed by atoms with Crippen molar-refractivity contribution in [2.24, 2.45) is 0 Å². The molecular weight excluding hydrogens is 322 g/mol. The number of fused-ring (bicyclic) bond motifs is 3. The van der Waals surface area contributed by atoms with Crippen LogP contribution < -0.4 is 5.32 Å². The van der Waals surface area contributed by atoms with E-state index in [4.69, 9.17) is 0 Å². The summed E-state index contributed by atoms with van der Waals surface area (Å²) in [4.78, 5) is 0. The topological polar surface area (TPSA) is 12.0 Å². The Morgan fingerprint density at radius 3 is 2.60 bits per heavy atom. The number of anilines is 2. The minimum Gasteiger partial charge on any atom is -0.355 e. The fourth-order valence-corrected chi connectivity index (χ4v) is 4.27. The Morgan fingerprint density at radius 2 is 1.76 bits per heavy atom. The third-order valence-electron chi connectivity index (χ3n) is 4.35. The van der Waals surface area contributed by atoms with E-state index >= 15 is 0 Å². The lowest BCUT2D eigenvalue weighted by Gasteiger charge is -2.12. The standard InChI is InChI=1S/C23H19NS/c1-3-8-18-16(4-2)9-7-11-21(18)24-17-13-14-23-20(15-17)19-10-5-6-12-22(19)25-23/h3-15,24H,2H2,1H3/b8-3-. The largest absolute Gasteiger partial charge is 0.355 e. The minimum absolute atomic E-state index is 1.09. The number of hydrogen-bond acceptors (Lipinski definition) is 2. The van der Waals surface area contributed by atoms with Gasteiger partial charge in [0.1, 0.15) is 0 Å². The molecule has 0 radical (unpaired) electrons. The fraction of sp³-hybridized carbons (Fsp3) is 0.0435. The normalized spacial score (nSPS) is 11.4. The van der Waals surface area contributed by atoms with Gasteiger partial charge in [-0.2, -0.15) is 0 Å². The number of nitrogens with one attached hydrogen (secondary N) is 1. The van der Waals surface area contributed by atoms with Gasteiger partial charge in [-0.15, -0.1) is 11.3 Å². The Kier molecular flexibility index (Phi) is 4.12. The molecule has 0 fully saturated rings. The van der Waals surface area contributed by atoms with E-state index < -0.39 is 0 Å². The van der Waals surface area contributed by atoms with Gasteiger partial charge in [0.2, 0.25) is 0 Å². The molecule has 0 amide bonds. The van der Waals surface area contributed by atoms with Crippen molar-refractivity contribution in [2.45, 2.75) is 6.92 Å². The van der Waals surface area contributed by atoms with E-state index in [1.807, 2.05) is 24.3 Å². The Hall–Kier alpha value is -2.84. The van der Waals surface area contributed by atoms with Crippen molar-refractivity contribution in [3.63, 3.8) is 0 Å². The van der Waals surface area contributed by atoms with E-state index in [0.717, 1.165) is 22.5 Å². The van der Waals surface area contributed by atoms with Gasteiger partial charge in [-0.05, 0) is 42.8 Å². The Labute approximate surface area is 151 Å². The number of allylic oxidation sites excluding steroid dienone is 1. The van der Waals surface area contributed by atoms with Crippen LogP contribution in [-0.2, 0) is 0 Å². The molecule has 1 nitrogen and oxygen atoms in total. The van der Waals surface area contributed by atoms with Crippen LogP contribution in [0.1, 0.15) is 18.1 Å². The quantitative estimate of drug-likeness (QED) is 0.406. The van der Waals surface area contributed by atoms with Crippen molar-refractivity contribution in [1.29, 1.82) is 0 Å². The van der Waals surface area contributed by atoms with Crippen molar-refractivity contribution >= 4 is 55.0 Å². The van der Waals surface area contributed by atoms with Gasteiger partial charge in [0.05, 0.1) is 0 Å². The maximum Gasteiger partial charge on any atom is 0.0463 e. The lowest BCUT2D eigenvalue weighted by atomic mass is 10.0. The molecule has 3 aromatic carbocycles. The Balaban J connectivity index is 1.81. The van der Waals surface area contributed by atoms with Crippen LogP contribution in [0.4, 0.5) is 11.4 Å². The van der Waals surface area contributed by atoms with Crippen molar-refractivity contribution in [1.82, 2.24) is 0 Å². The third-order valence-corrected chi connectivity index (χ3v) is 5.50. The summed E-state index contributed by atoms with van der Waals surface area (Å²) in [6.45, 7) is 5.96. The summed E-state index contributed by atoms with van der Waals surface area (Å²) in [6.07, 6.45) is 6.08. The molecule has 0 saturated heterocycles. The lowest BCUT2D eigenvalue weighted by Crippen LogP contribution is -1.94. The van der Waals surface area contributed by atoms with Gasteiger partial charge in [0.25, 0.3) is 0 Å². The zero-order valence-corrected chi connectivity index (χ0v) is 14.9. The molecule has 0 atom stereocenters. The summed E-state index contributed by atoms with van der Waals surface area (Å²) >= 11 is 1.84. The van der Waals surface area contributed by atoms with Gasteiger partial charge in [0, 0.05) is 37.1 Å². The molecule has 0 saturated carbocycles. The van der Waals surface area contributed by atoms with Crippen LogP contribution in [0.3, 0.4) is 0 Å². The molecule has 0 unspecified atom stereocenters. The molecule has 122 valence electrons. The summed E-state index contributed by atoms with van der Waals surface area (Å²) < 4.78 is 2.65. The maximum absolute atomic E-state index is 3.93. The first-order chi connectivity index (χ1) is 12.3. The second-order valence-corrected chi connectivity index (χ2v) is 7.03. The van der Waals surface area contributed by atoms with Gasteiger partial charge in [-0.3, -0.25) is 0 Å². The van der Waals surface area contributed by atoms with Crippen molar-refractivity contribution in [2.75, 3.05) is 5.32 Å². The molecule has 4 aromatic rings. The van der Waals surface area contributed by atoms with Crippen LogP contribution in [-0.4, -0.2) is 0 Å². The van der Waals surface area contributed by atoms with Gasteiger partial charge in [-0.1, -0.05) is 55.1 Å². The summed E-state index contributed by atoms with van der Waals surface area (Å²) in [6, 6.07) is 21.4. The number of rotatable bonds is 4. The highest BCUT2D eigenvalue weighted by Gasteiger charge is 2.07. The van der Waals surface area contributed by atoms with Crippen LogP contribution in [0.25, 0.3) is 32.3 Å². The summed E-state index contributed by atoms with van der Waals surface area (Å²) in [7, 11) is 0. The van der Waals surface area contributed by atoms with Crippen LogP contribution in [0.15, 0.2) is 73.3 Å². The van der Waals surface area contributed by atoms with Crippen LogP contribution in [0.2, 0.25) is 0 Å². The minimum atomic E-state index is 1.09. The second-order valence-electron chi connectivity index (χ2n) is 5.95. The number of benzene rings is 3. The zero-order chi connectivity index (χ0) is 17.2. The third kappa shape index (κ3) is 2.86. The zero-order valence-electron chi connectivity index (χ0n) is 14.1. The van der Waals surface area contributed by atoms with E-state index in [1.54, 1.807) is 0 Å². The molecule has 1 N–H and O–H groups in total. The van der Waals surface area contributed by atoms with Gasteiger partial charge >= 0.3 is 0 Å². The van der Waals surface area contributed by atoms with E-state index in [-0.39, 0.29) is 0 Å². The highest BCUT2D eigenvalue weighted by molar-refractivity contribution is 7.25. The Morgan fingerprint density at radius 1 is 0.920 bits per heavy atom. The SMILES string of the molecule is C=Cc1cccc(Nc2ccc3sc4ccccc4c3c2)c1/C=C\C. The first kappa shape index (κ1) is 15.7. The first-order valence-electron chi connectivity index (χ1n) is 8.36. The first-order valence-corrected chi connectivity index (χ1v) is 9.18. The van der Waals surface area contributed by atoms with Crippen molar-refractivity contribution in [3.05, 3.63) is 84.4 Å². The summed E-state index contributed by atoms with van der Waals surface area (Å²) in [5.74, 6) is 0. The monoisotopic (exact) mass is 341 g/mol. The molecular formula is C23H19NS. The second kappa shape index (κ2) is 6.58. The van der Waals surface area contributed by atoms with Gasteiger partial charge < -0.3 is 5.32 Å². The van der Waals surface area contributed by atoms with E-state index in [0.29, 0.717) is 0 Å². The molecule has 1 aromatic heterocycles. The van der Waals surface area contributed by atoms with Gasteiger partial charge in [0.15, 0.2) is 0 Å². The van der Waals surface area contributed by atoms with Crippen LogP contribution in [0, 0.1) is 0 Å². The highest BCUT2D eigenvalue weighted by Crippen LogP contribution is 2.36. The van der Waals surface area contributed by atoms with E-state index in [2.05, 4.69) is 84.7 Å². The number of thiophene rings is 1. The maximum atomic E-state index is 3.93. The smallest absolute Gasteiger partial charge is 0.0463 e. The highest BCUT2D eigenvalue weighted by atomic mass is 32.1. The van der Waals surface area contributed by atoms with Crippen LogP contribution >= 0.6 is 11.3 Å². The molecule has 0 spiro atoms. The van der Waals surface area contributed by atoms with Crippen molar-refractivity contribution < 1.29 is 0 Å². The van der Waals surface area contributed by atoms with Crippen LogP contribution in [0.5, 0.6) is 0 Å². The summed E-state index contributed by atoms with van der Waals surface area (Å²) in [5.41, 5.74) is 4.48. The van der Waals surface area contributed by atoms with Crippen molar-refractivity contribution in [3.8, 4) is 0 Å². The lowest BCUT2D eigenvalue weighted by molar-refractivity contribution is 1.52. The fourth-order valence-electron chi connectivity index (χ4n) is 3.18. The molecule has 1 heterocycles. The predicted octanol–water partition coefficient (Wildman–Crippen LogP) is 7.47. The molecule has 0 aliphatic carbocycles. The van der Waals surface area contributed by atoms with E-state index in [9.17, 15) is 0 Å². The average molecular weight is 341 g/mol. The molecule has 0 aliphatic rings. The van der Waals surface area contributed by atoms with Gasteiger partial charge in [-0.25, -0.2) is 0 Å². The molecule has 25 heavy (non-hydrogen) atoms. The summed E-state index contributed by atoms with van der Waals surface area (Å²) in [5, 5.41) is 6.21. The molecule has 0 aliphatic heterocycles. The molecule has 0 bridgehead atoms. The van der Waals surface area contributed by atoms with E-state index in [1.165, 1.54) is 20.2 Å². The predicted molar refractivity (Wildman–Crippen MR) is 114 cm³/mol. The average Bonchev–Trinajstić information content (AvgIpc) is 3.01. The molecule has 4 rings (SSSR count). The molecule has 2 heteroatoms. The number of hydrogen-bond donors (Lipinski definition) is 1.